The molecule has 0 spiro atoms. The van der Waals surface area contributed by atoms with Crippen LogP contribution in [0.5, 0.6) is 0 Å². The lowest BCUT2D eigenvalue weighted by atomic mass is 10.3. The quantitative estimate of drug-likeness (QED) is 0.711. The number of alkyl halides is 3. The first kappa shape index (κ1) is 15.3. The van der Waals surface area contributed by atoms with Crippen molar-refractivity contribution in [2.24, 2.45) is 0 Å². The largest absolute Gasteiger partial charge is 0.433 e. The molecule has 0 aliphatic carbocycles. The zero-order valence-electron chi connectivity index (χ0n) is 9.47. The number of anilines is 2. The highest BCUT2D eigenvalue weighted by molar-refractivity contribution is 9.10. The summed E-state index contributed by atoms with van der Waals surface area (Å²) < 4.78 is 38.4. The minimum Gasteiger partial charge on any atom is -0.340 e. The number of nitrogens with zero attached hydrogens (tertiary/aromatic N) is 2. The number of aromatic nitrogens is 2. The lowest BCUT2D eigenvalue weighted by Crippen LogP contribution is -2.10. The molecule has 20 heavy (non-hydrogen) atoms. The van der Waals surface area contributed by atoms with E-state index in [9.17, 15) is 13.2 Å². The summed E-state index contributed by atoms with van der Waals surface area (Å²) in [7, 11) is 0. The molecule has 1 heterocycles. The van der Waals surface area contributed by atoms with E-state index in [1.54, 1.807) is 18.2 Å². The van der Waals surface area contributed by atoms with Gasteiger partial charge in [-0.2, -0.15) is 13.2 Å². The molecule has 1 aromatic carbocycles. The number of halogens is 6. The second-order valence-corrected chi connectivity index (χ2v) is 5.26. The molecule has 9 heteroatoms. The molecule has 0 unspecified atom stereocenters. The molecule has 0 saturated heterocycles. The van der Waals surface area contributed by atoms with E-state index < -0.39 is 17.2 Å². The highest BCUT2D eigenvalue weighted by atomic mass is 79.9. The Hall–Kier alpha value is -1.05. The number of rotatable bonds is 2. The van der Waals surface area contributed by atoms with Crippen LogP contribution < -0.4 is 5.32 Å². The maximum atomic E-state index is 12.6. The van der Waals surface area contributed by atoms with Gasteiger partial charge in [0.25, 0.3) is 0 Å². The fourth-order valence-corrected chi connectivity index (χ4v) is 2.03. The van der Waals surface area contributed by atoms with Crippen LogP contribution in [0.15, 0.2) is 28.7 Å². The molecule has 0 atom stereocenters. The lowest BCUT2D eigenvalue weighted by molar-refractivity contribution is -0.141. The van der Waals surface area contributed by atoms with Crippen molar-refractivity contribution in [2.45, 2.75) is 6.18 Å². The fraction of sp³-hybridized carbons (Fsp3) is 0.0909. The Balaban J connectivity index is 2.33. The van der Waals surface area contributed by atoms with E-state index in [-0.39, 0.29) is 5.82 Å². The average Bonchev–Trinajstić information content (AvgIpc) is 2.32. The standard InChI is InChI=1S/C11H5BrCl2F3N3/c12-6-3-5(1-2-7(6)13)18-9-4-8(11(15,16)17)19-10(14)20-9/h1-4H,(H,18,19,20). The molecule has 0 aliphatic rings. The summed E-state index contributed by atoms with van der Waals surface area (Å²) in [4.78, 5) is 6.83. The average molecular weight is 387 g/mol. The Labute approximate surface area is 130 Å². The molecule has 2 rings (SSSR count). The summed E-state index contributed by atoms with van der Waals surface area (Å²) in [6, 6.07) is 5.55. The summed E-state index contributed by atoms with van der Waals surface area (Å²) in [6.45, 7) is 0. The van der Waals surface area contributed by atoms with Crippen molar-refractivity contribution in [1.29, 1.82) is 0 Å². The highest BCUT2D eigenvalue weighted by Crippen LogP contribution is 2.31. The first-order valence-corrected chi connectivity index (χ1v) is 6.64. The van der Waals surface area contributed by atoms with Gasteiger partial charge in [-0.15, -0.1) is 0 Å². The molecule has 1 aromatic heterocycles. The Kier molecular flexibility index (Phi) is 4.41. The third kappa shape index (κ3) is 3.74. The monoisotopic (exact) mass is 385 g/mol. The van der Waals surface area contributed by atoms with Crippen LogP contribution in [0.2, 0.25) is 10.3 Å². The second-order valence-electron chi connectivity index (χ2n) is 3.66. The molecule has 0 bridgehead atoms. The van der Waals surface area contributed by atoms with Gasteiger partial charge in [-0.25, -0.2) is 9.97 Å². The molecular formula is C11H5BrCl2F3N3. The molecule has 0 aliphatic heterocycles. The van der Waals surface area contributed by atoms with Crippen LogP contribution in [-0.4, -0.2) is 9.97 Å². The molecule has 0 amide bonds. The zero-order valence-corrected chi connectivity index (χ0v) is 12.6. The van der Waals surface area contributed by atoms with Gasteiger partial charge in [0.2, 0.25) is 5.28 Å². The van der Waals surface area contributed by atoms with Gasteiger partial charge in [-0.3, -0.25) is 0 Å². The molecule has 106 valence electrons. The lowest BCUT2D eigenvalue weighted by Gasteiger charge is -2.10. The SMILES string of the molecule is FC(F)(F)c1cc(Nc2ccc(Cl)c(Br)c2)nc(Cl)n1. The van der Waals surface area contributed by atoms with Crippen molar-refractivity contribution < 1.29 is 13.2 Å². The molecule has 3 nitrogen and oxygen atoms in total. The van der Waals surface area contributed by atoms with Crippen LogP contribution in [0.3, 0.4) is 0 Å². The number of nitrogens with one attached hydrogen (secondary N) is 1. The van der Waals surface area contributed by atoms with Gasteiger partial charge in [0, 0.05) is 16.2 Å². The molecule has 0 radical (unpaired) electrons. The Bertz CT molecular complexity index is 649. The van der Waals surface area contributed by atoms with E-state index in [1.165, 1.54) is 0 Å². The van der Waals surface area contributed by atoms with Crippen molar-refractivity contribution >= 4 is 50.6 Å². The van der Waals surface area contributed by atoms with E-state index in [2.05, 4.69) is 31.2 Å². The summed E-state index contributed by atoms with van der Waals surface area (Å²) in [5, 5.41) is 2.69. The number of hydrogen-bond acceptors (Lipinski definition) is 3. The van der Waals surface area contributed by atoms with Crippen LogP contribution >= 0.6 is 39.1 Å². The fourth-order valence-electron chi connectivity index (χ4n) is 1.35. The topological polar surface area (TPSA) is 37.8 Å². The minimum absolute atomic E-state index is 0.0634. The van der Waals surface area contributed by atoms with Gasteiger partial charge in [-0.1, -0.05) is 11.6 Å². The third-order valence-corrected chi connectivity index (χ3v) is 3.56. The van der Waals surface area contributed by atoms with Crippen LogP contribution in [0, 0.1) is 0 Å². The second kappa shape index (κ2) is 5.75. The first-order valence-electron chi connectivity index (χ1n) is 5.09. The van der Waals surface area contributed by atoms with Crippen molar-refractivity contribution in [1.82, 2.24) is 9.97 Å². The number of benzene rings is 1. The Morgan fingerprint density at radius 3 is 2.40 bits per heavy atom. The van der Waals surface area contributed by atoms with Crippen molar-refractivity contribution in [3.63, 3.8) is 0 Å². The number of hydrogen-bond donors (Lipinski definition) is 1. The van der Waals surface area contributed by atoms with E-state index >= 15 is 0 Å². The van der Waals surface area contributed by atoms with Crippen molar-refractivity contribution in [3.8, 4) is 0 Å². The van der Waals surface area contributed by atoms with E-state index in [0.29, 0.717) is 15.2 Å². The smallest absolute Gasteiger partial charge is 0.340 e. The normalized spacial score (nSPS) is 11.5. The predicted octanol–water partition coefficient (Wildman–Crippen LogP) is 5.31. The van der Waals surface area contributed by atoms with Gasteiger partial charge >= 0.3 is 6.18 Å². The van der Waals surface area contributed by atoms with Gasteiger partial charge < -0.3 is 5.32 Å². The van der Waals surface area contributed by atoms with Gasteiger partial charge in [0.05, 0.1) is 5.02 Å². The Morgan fingerprint density at radius 1 is 1.10 bits per heavy atom. The molecular weight excluding hydrogens is 382 g/mol. The highest BCUT2D eigenvalue weighted by Gasteiger charge is 2.33. The van der Waals surface area contributed by atoms with Crippen LogP contribution in [-0.2, 0) is 6.18 Å². The maximum Gasteiger partial charge on any atom is 0.433 e. The van der Waals surface area contributed by atoms with E-state index in [0.717, 1.165) is 6.07 Å². The summed E-state index contributed by atoms with van der Waals surface area (Å²) in [5.41, 5.74) is -0.614. The van der Waals surface area contributed by atoms with Crippen molar-refractivity contribution in [2.75, 3.05) is 5.32 Å². The van der Waals surface area contributed by atoms with Gasteiger partial charge in [0.1, 0.15) is 5.82 Å². The van der Waals surface area contributed by atoms with E-state index in [4.69, 9.17) is 23.2 Å². The minimum atomic E-state index is -4.59. The van der Waals surface area contributed by atoms with Crippen molar-refractivity contribution in [3.05, 3.63) is 44.7 Å². The van der Waals surface area contributed by atoms with Gasteiger partial charge in [-0.05, 0) is 45.7 Å². The van der Waals surface area contributed by atoms with E-state index in [1.807, 2.05) is 0 Å². The maximum absolute atomic E-state index is 12.6. The Morgan fingerprint density at radius 2 is 1.80 bits per heavy atom. The summed E-state index contributed by atoms with van der Waals surface area (Å²) in [6.07, 6.45) is -4.59. The van der Waals surface area contributed by atoms with Gasteiger partial charge in [0.15, 0.2) is 5.69 Å². The summed E-state index contributed by atoms with van der Waals surface area (Å²) in [5.74, 6) is -0.0634. The molecule has 0 saturated carbocycles. The molecule has 2 aromatic rings. The van der Waals surface area contributed by atoms with Crippen LogP contribution in [0.1, 0.15) is 5.69 Å². The van der Waals surface area contributed by atoms with Crippen LogP contribution in [0.25, 0.3) is 0 Å². The van der Waals surface area contributed by atoms with Crippen LogP contribution in [0.4, 0.5) is 24.7 Å². The first-order chi connectivity index (χ1) is 9.25. The molecule has 1 N–H and O–H groups in total. The predicted molar refractivity (Wildman–Crippen MR) is 74.5 cm³/mol. The third-order valence-electron chi connectivity index (χ3n) is 2.18. The molecule has 0 fully saturated rings. The summed E-state index contributed by atoms with van der Waals surface area (Å²) >= 11 is 14.5. The zero-order chi connectivity index (χ0) is 14.9.